The number of nitrogens with one attached hydrogen (secondary N) is 1. The first-order chi connectivity index (χ1) is 8.56. The number of aryl methyl sites for hydroxylation is 1. The van der Waals surface area contributed by atoms with Gasteiger partial charge < -0.3 is 10.1 Å². The molecule has 0 bridgehead atoms. The van der Waals surface area contributed by atoms with E-state index in [2.05, 4.69) is 9.97 Å². The van der Waals surface area contributed by atoms with Crippen molar-refractivity contribution in [3.8, 4) is 0 Å². The number of fused-ring (bicyclic) bond motifs is 1. The van der Waals surface area contributed by atoms with Crippen LogP contribution < -0.4 is 11.2 Å². The van der Waals surface area contributed by atoms with Gasteiger partial charge in [0.25, 0.3) is 5.56 Å². The zero-order valence-electron chi connectivity index (χ0n) is 10.4. The van der Waals surface area contributed by atoms with Crippen LogP contribution in [0.1, 0.15) is 20.3 Å². The molecule has 0 spiro atoms. The fourth-order valence-corrected chi connectivity index (χ4v) is 1.96. The minimum atomic E-state index is -0.758. The Morgan fingerprint density at radius 3 is 2.78 bits per heavy atom. The van der Waals surface area contributed by atoms with Gasteiger partial charge in [0.2, 0.25) is 0 Å². The highest BCUT2D eigenvalue weighted by Crippen LogP contribution is 2.02. The van der Waals surface area contributed by atoms with E-state index in [1.807, 2.05) is 6.92 Å². The smallest absolute Gasteiger partial charge is 0.332 e. The van der Waals surface area contributed by atoms with Crippen molar-refractivity contribution in [2.45, 2.75) is 39.5 Å². The molecule has 0 aliphatic heterocycles. The second-order valence-electron chi connectivity index (χ2n) is 4.30. The molecular formula is C11H16N4O3. The molecule has 0 aliphatic carbocycles. The minimum absolute atomic E-state index is 0.0175. The van der Waals surface area contributed by atoms with Crippen molar-refractivity contribution < 1.29 is 5.11 Å². The van der Waals surface area contributed by atoms with Gasteiger partial charge in [0, 0.05) is 6.54 Å². The summed E-state index contributed by atoms with van der Waals surface area (Å²) in [7, 11) is 0. The molecule has 1 unspecified atom stereocenters. The molecule has 2 aromatic rings. The van der Waals surface area contributed by atoms with Gasteiger partial charge in [-0.1, -0.05) is 6.92 Å². The molecule has 98 valence electrons. The van der Waals surface area contributed by atoms with Gasteiger partial charge in [-0.2, -0.15) is 0 Å². The Bertz CT molecular complexity index is 665. The molecule has 2 N–H and O–H groups in total. The third kappa shape index (κ3) is 1.97. The monoisotopic (exact) mass is 252 g/mol. The van der Waals surface area contributed by atoms with Gasteiger partial charge >= 0.3 is 5.69 Å². The number of hydrogen-bond donors (Lipinski definition) is 2. The van der Waals surface area contributed by atoms with Crippen molar-refractivity contribution in [2.24, 2.45) is 0 Å². The molecule has 2 aromatic heterocycles. The first-order valence-corrected chi connectivity index (χ1v) is 5.91. The molecule has 2 rings (SSSR count). The van der Waals surface area contributed by atoms with Crippen molar-refractivity contribution >= 4 is 11.2 Å². The van der Waals surface area contributed by atoms with Crippen LogP contribution in [0, 0.1) is 0 Å². The summed E-state index contributed by atoms with van der Waals surface area (Å²) in [4.78, 5) is 31.0. The lowest BCUT2D eigenvalue weighted by molar-refractivity contribution is 0.169. The first-order valence-electron chi connectivity index (χ1n) is 5.91. The number of nitrogens with zero attached hydrogens (tertiary/aromatic N) is 3. The number of aliphatic hydroxyl groups is 1. The Labute approximate surface area is 103 Å². The molecule has 0 saturated carbocycles. The van der Waals surface area contributed by atoms with Gasteiger partial charge in [0.05, 0.1) is 19.0 Å². The van der Waals surface area contributed by atoms with Crippen molar-refractivity contribution in [2.75, 3.05) is 0 Å². The highest BCUT2D eigenvalue weighted by molar-refractivity contribution is 5.68. The number of hydrogen-bond acceptors (Lipinski definition) is 4. The summed E-state index contributed by atoms with van der Waals surface area (Å²) in [6, 6.07) is 0. The lowest BCUT2D eigenvalue weighted by atomic mass is 10.4. The Hall–Kier alpha value is -1.89. The fourth-order valence-electron chi connectivity index (χ4n) is 1.96. The van der Waals surface area contributed by atoms with Crippen molar-refractivity contribution in [3.63, 3.8) is 0 Å². The van der Waals surface area contributed by atoms with Crippen LogP contribution >= 0.6 is 0 Å². The van der Waals surface area contributed by atoms with E-state index in [1.165, 1.54) is 17.8 Å². The lowest BCUT2D eigenvalue weighted by Crippen LogP contribution is -2.42. The van der Waals surface area contributed by atoms with E-state index in [0.29, 0.717) is 17.7 Å². The van der Waals surface area contributed by atoms with E-state index < -0.39 is 17.4 Å². The Morgan fingerprint density at radius 1 is 1.44 bits per heavy atom. The molecule has 7 heteroatoms. The average Bonchev–Trinajstić information content (AvgIpc) is 2.79. The minimum Gasteiger partial charge on any atom is -0.392 e. The molecule has 0 aromatic carbocycles. The quantitative estimate of drug-likeness (QED) is 0.779. The third-order valence-electron chi connectivity index (χ3n) is 2.69. The van der Waals surface area contributed by atoms with Crippen LogP contribution in [-0.4, -0.2) is 30.3 Å². The van der Waals surface area contributed by atoms with Crippen LogP contribution in [0.25, 0.3) is 11.2 Å². The number of aromatic amines is 1. The molecule has 1 atom stereocenters. The molecule has 18 heavy (non-hydrogen) atoms. The Balaban J connectivity index is 2.78. The summed E-state index contributed by atoms with van der Waals surface area (Å²) in [6.07, 6.45) is 1.39. The SMILES string of the molecule is CCCn1c(=O)n(CC(C)O)c(=O)c2[nH]cnc21. The Kier molecular flexibility index (Phi) is 3.33. The topological polar surface area (TPSA) is 92.9 Å². The normalized spacial score (nSPS) is 13.1. The van der Waals surface area contributed by atoms with Gasteiger partial charge in [0.1, 0.15) is 5.52 Å². The number of imidazole rings is 1. The summed E-state index contributed by atoms with van der Waals surface area (Å²) >= 11 is 0. The molecule has 2 heterocycles. The lowest BCUT2D eigenvalue weighted by Gasteiger charge is -2.11. The predicted octanol–water partition coefficient (Wildman–Crippen LogP) is -0.323. The highest BCUT2D eigenvalue weighted by atomic mass is 16.3. The zero-order valence-corrected chi connectivity index (χ0v) is 10.4. The number of aromatic nitrogens is 4. The summed E-state index contributed by atoms with van der Waals surface area (Å²) in [5.41, 5.74) is -0.208. The summed E-state index contributed by atoms with van der Waals surface area (Å²) in [5, 5.41) is 9.36. The van der Waals surface area contributed by atoms with Crippen LogP contribution in [0.4, 0.5) is 0 Å². The van der Waals surface area contributed by atoms with Crippen LogP contribution in [0.3, 0.4) is 0 Å². The largest absolute Gasteiger partial charge is 0.392 e. The second kappa shape index (κ2) is 4.77. The highest BCUT2D eigenvalue weighted by Gasteiger charge is 2.15. The van der Waals surface area contributed by atoms with Crippen molar-refractivity contribution in [3.05, 3.63) is 27.2 Å². The van der Waals surface area contributed by atoms with E-state index in [0.717, 1.165) is 11.0 Å². The van der Waals surface area contributed by atoms with Crippen molar-refractivity contribution in [1.82, 2.24) is 19.1 Å². The van der Waals surface area contributed by atoms with Crippen LogP contribution in [-0.2, 0) is 13.1 Å². The number of H-pyrrole nitrogens is 1. The number of rotatable bonds is 4. The van der Waals surface area contributed by atoms with E-state index in [1.54, 1.807) is 0 Å². The van der Waals surface area contributed by atoms with Gasteiger partial charge in [-0.15, -0.1) is 0 Å². The van der Waals surface area contributed by atoms with Crippen LogP contribution in [0.2, 0.25) is 0 Å². The van der Waals surface area contributed by atoms with Gasteiger partial charge in [-0.25, -0.2) is 9.78 Å². The number of aliphatic hydroxyl groups excluding tert-OH is 1. The van der Waals surface area contributed by atoms with Gasteiger partial charge in [0.15, 0.2) is 5.65 Å². The van der Waals surface area contributed by atoms with Crippen LogP contribution in [0.15, 0.2) is 15.9 Å². The molecular weight excluding hydrogens is 236 g/mol. The summed E-state index contributed by atoms with van der Waals surface area (Å²) < 4.78 is 2.50. The molecule has 0 amide bonds. The van der Waals surface area contributed by atoms with E-state index in [9.17, 15) is 14.7 Å². The molecule has 0 aliphatic rings. The third-order valence-corrected chi connectivity index (χ3v) is 2.69. The van der Waals surface area contributed by atoms with Gasteiger partial charge in [-0.05, 0) is 13.3 Å². The molecule has 0 fully saturated rings. The van der Waals surface area contributed by atoms with Crippen molar-refractivity contribution in [1.29, 1.82) is 0 Å². The van der Waals surface area contributed by atoms with Gasteiger partial charge in [-0.3, -0.25) is 13.9 Å². The fraction of sp³-hybridized carbons (Fsp3) is 0.545. The predicted molar refractivity (Wildman–Crippen MR) is 66.6 cm³/mol. The van der Waals surface area contributed by atoms with E-state index in [-0.39, 0.29) is 6.54 Å². The van der Waals surface area contributed by atoms with E-state index in [4.69, 9.17) is 0 Å². The summed E-state index contributed by atoms with van der Waals surface area (Å²) in [5.74, 6) is 0. The molecule has 0 saturated heterocycles. The van der Waals surface area contributed by atoms with E-state index >= 15 is 0 Å². The second-order valence-corrected chi connectivity index (χ2v) is 4.30. The maximum Gasteiger partial charge on any atom is 0.332 e. The average molecular weight is 252 g/mol. The summed E-state index contributed by atoms with van der Waals surface area (Å²) in [6.45, 7) is 3.94. The first kappa shape index (κ1) is 12.6. The molecule has 0 radical (unpaired) electrons. The maximum absolute atomic E-state index is 12.2. The standard InChI is InChI=1S/C11H16N4O3/c1-3-4-14-9-8(12-6-13-9)10(17)15(11(14)18)5-7(2)16/h6-7,16H,3-5H2,1-2H3,(H,12,13). The Morgan fingerprint density at radius 2 is 2.17 bits per heavy atom. The molecule has 7 nitrogen and oxygen atoms in total. The van der Waals surface area contributed by atoms with Crippen LogP contribution in [0.5, 0.6) is 0 Å². The zero-order chi connectivity index (χ0) is 13.3. The maximum atomic E-state index is 12.2.